The van der Waals surface area contributed by atoms with Gasteiger partial charge in [0.2, 0.25) is 5.91 Å². The smallest absolute Gasteiger partial charge is 0.407 e. The highest BCUT2D eigenvalue weighted by molar-refractivity contribution is 6.35. The molecule has 3 aliphatic rings. The Morgan fingerprint density at radius 1 is 1.22 bits per heavy atom. The molecule has 2 unspecified atom stereocenters. The zero-order chi connectivity index (χ0) is 26.0. The summed E-state index contributed by atoms with van der Waals surface area (Å²) in [6, 6.07) is 3.53. The Labute approximate surface area is 217 Å². The number of ether oxygens (including phenoxy) is 4. The number of methoxy groups -OCH3 is 2. The molecule has 196 valence electrons. The van der Waals surface area contributed by atoms with Crippen molar-refractivity contribution in [3.63, 3.8) is 0 Å². The standard InChI is InChI=1S/C27H35ClN2O6/c1-15-7-6-8-20(33-4)18-14-21(35-26(32)30-18)16(2)25-27(3,36-25)10-9-23(31)29-19-12-17(11-15)13-22(34-5)24(19)28/h6-8,12-13,16,18,20-21,25H,9-11,14H2,1-5H3,(H,29,31)(H,30,32)/b8-6+,15-7+/t16-,18?,20-,21?,25+,27+/m1/s1. The van der Waals surface area contributed by atoms with E-state index in [-0.39, 0.29) is 42.6 Å². The molecule has 1 aromatic carbocycles. The summed E-state index contributed by atoms with van der Waals surface area (Å²) in [4.78, 5) is 25.2. The summed E-state index contributed by atoms with van der Waals surface area (Å²) in [5.74, 6) is 0.323. The van der Waals surface area contributed by atoms with E-state index >= 15 is 0 Å². The number of allylic oxidation sites excluding steroid dienone is 3. The minimum atomic E-state index is -0.461. The van der Waals surface area contributed by atoms with E-state index in [9.17, 15) is 9.59 Å². The van der Waals surface area contributed by atoms with Crippen molar-refractivity contribution in [3.8, 4) is 5.75 Å². The highest BCUT2D eigenvalue weighted by Gasteiger charge is 2.57. The van der Waals surface area contributed by atoms with Gasteiger partial charge in [0.05, 0.1) is 36.6 Å². The van der Waals surface area contributed by atoms with Crippen LogP contribution >= 0.6 is 11.6 Å². The van der Waals surface area contributed by atoms with E-state index in [0.717, 1.165) is 11.1 Å². The van der Waals surface area contributed by atoms with Gasteiger partial charge in [0.25, 0.3) is 0 Å². The molecule has 9 heteroatoms. The third kappa shape index (κ3) is 5.88. The van der Waals surface area contributed by atoms with Gasteiger partial charge < -0.3 is 29.6 Å². The van der Waals surface area contributed by atoms with Crippen molar-refractivity contribution in [2.24, 2.45) is 5.92 Å². The third-order valence-corrected chi connectivity index (χ3v) is 7.72. The molecule has 8 nitrogen and oxygen atoms in total. The molecule has 3 aliphatic heterocycles. The number of rotatable bonds is 2. The van der Waals surface area contributed by atoms with Crippen LogP contribution in [0.15, 0.2) is 35.9 Å². The third-order valence-electron chi connectivity index (χ3n) is 7.33. The fourth-order valence-electron chi connectivity index (χ4n) is 5.19. The topological polar surface area (TPSA) is 98.4 Å². The van der Waals surface area contributed by atoms with Gasteiger partial charge in [-0.15, -0.1) is 0 Å². The Balaban J connectivity index is 1.65. The maximum atomic E-state index is 12.8. The average Bonchev–Trinajstić information content (AvgIpc) is 3.52. The van der Waals surface area contributed by atoms with Crippen molar-refractivity contribution < 1.29 is 28.5 Å². The molecule has 1 aromatic rings. The molecule has 4 rings (SSSR count). The highest BCUT2D eigenvalue weighted by atomic mass is 35.5. The van der Waals surface area contributed by atoms with Crippen LogP contribution < -0.4 is 15.4 Å². The number of anilines is 1. The molecule has 4 bridgehead atoms. The second-order valence-corrected chi connectivity index (χ2v) is 10.5. The minimum Gasteiger partial charge on any atom is -0.495 e. The van der Waals surface area contributed by atoms with E-state index in [0.29, 0.717) is 35.7 Å². The normalized spacial score (nSPS) is 35.3. The first kappa shape index (κ1) is 26.5. The molecule has 2 N–H and O–H groups in total. The number of benzene rings is 1. The first-order valence-corrected chi connectivity index (χ1v) is 12.7. The van der Waals surface area contributed by atoms with Gasteiger partial charge in [-0.2, -0.15) is 0 Å². The largest absolute Gasteiger partial charge is 0.495 e. The molecular formula is C27H35ClN2O6. The summed E-state index contributed by atoms with van der Waals surface area (Å²) in [6.45, 7) is 6.05. The molecule has 0 radical (unpaired) electrons. The second-order valence-electron chi connectivity index (χ2n) is 10.1. The number of epoxide rings is 1. The summed E-state index contributed by atoms with van der Waals surface area (Å²) in [5.41, 5.74) is 2.11. The Morgan fingerprint density at radius 3 is 2.72 bits per heavy atom. The van der Waals surface area contributed by atoms with Crippen LogP contribution in [0.25, 0.3) is 0 Å². The summed E-state index contributed by atoms with van der Waals surface area (Å²) < 4.78 is 22.8. The molecule has 3 heterocycles. The van der Waals surface area contributed by atoms with Gasteiger partial charge in [-0.25, -0.2) is 4.79 Å². The van der Waals surface area contributed by atoms with Crippen LogP contribution in [0.4, 0.5) is 10.5 Å². The Morgan fingerprint density at radius 2 is 2.00 bits per heavy atom. The van der Waals surface area contributed by atoms with Gasteiger partial charge in [-0.05, 0) is 44.4 Å². The van der Waals surface area contributed by atoms with Crippen LogP contribution in [0.1, 0.15) is 45.6 Å². The monoisotopic (exact) mass is 518 g/mol. The van der Waals surface area contributed by atoms with Gasteiger partial charge in [0.1, 0.15) is 16.9 Å². The van der Waals surface area contributed by atoms with Crippen LogP contribution in [-0.2, 0) is 25.4 Å². The Kier molecular flexibility index (Phi) is 7.97. The fourth-order valence-corrected chi connectivity index (χ4v) is 5.43. The number of hydrogen-bond donors (Lipinski definition) is 2. The molecule has 0 aromatic heterocycles. The SMILES string of the molecule is COc1cc2cc(c1Cl)NC(=O)CC[C@]1(C)O[C@H]1[C@H](C)C1CC(NC(=O)O1)[C@H](OC)/C=C/C=C(\C)C2. The lowest BCUT2D eigenvalue weighted by Gasteiger charge is -2.35. The molecule has 36 heavy (non-hydrogen) atoms. The molecule has 2 saturated heterocycles. The first-order valence-electron chi connectivity index (χ1n) is 12.3. The van der Waals surface area contributed by atoms with Crippen LogP contribution in [0, 0.1) is 5.92 Å². The Bertz CT molecular complexity index is 1070. The quantitative estimate of drug-likeness (QED) is 0.546. The van der Waals surface area contributed by atoms with Crippen molar-refractivity contribution >= 4 is 29.3 Å². The van der Waals surface area contributed by atoms with E-state index in [2.05, 4.69) is 10.6 Å². The number of hydrogen-bond acceptors (Lipinski definition) is 6. The number of carbonyl (C=O) groups is 2. The van der Waals surface area contributed by atoms with Crippen molar-refractivity contribution in [1.82, 2.24) is 5.32 Å². The van der Waals surface area contributed by atoms with Crippen LogP contribution in [0.5, 0.6) is 5.75 Å². The number of amides is 2. The van der Waals surface area contributed by atoms with Gasteiger partial charge >= 0.3 is 6.09 Å². The number of alkyl carbamates (subject to hydrolysis) is 1. The van der Waals surface area contributed by atoms with Crippen LogP contribution in [-0.4, -0.2) is 56.2 Å². The van der Waals surface area contributed by atoms with Gasteiger partial charge in [0.15, 0.2) is 0 Å². The van der Waals surface area contributed by atoms with Crippen LogP contribution in [0.3, 0.4) is 0 Å². The molecule has 0 aliphatic carbocycles. The predicted molar refractivity (Wildman–Crippen MR) is 138 cm³/mol. The maximum Gasteiger partial charge on any atom is 0.407 e. The highest BCUT2D eigenvalue weighted by Crippen LogP contribution is 2.47. The van der Waals surface area contributed by atoms with E-state index in [4.69, 9.17) is 30.5 Å². The molecular weight excluding hydrogens is 484 g/mol. The lowest BCUT2D eigenvalue weighted by molar-refractivity contribution is -0.116. The summed E-state index contributed by atoms with van der Waals surface area (Å²) in [6.07, 6.45) is 6.73. The zero-order valence-corrected chi connectivity index (χ0v) is 22.2. The van der Waals surface area contributed by atoms with Crippen molar-refractivity contribution in [2.75, 3.05) is 19.5 Å². The van der Waals surface area contributed by atoms with E-state index < -0.39 is 11.7 Å². The first-order chi connectivity index (χ1) is 17.1. The Hall–Kier alpha value is -2.55. The van der Waals surface area contributed by atoms with Gasteiger partial charge in [0, 0.05) is 25.9 Å². The molecule has 6 atom stereocenters. The van der Waals surface area contributed by atoms with E-state index in [1.165, 1.54) is 0 Å². The van der Waals surface area contributed by atoms with E-state index in [1.807, 2.05) is 51.1 Å². The van der Waals surface area contributed by atoms with Crippen molar-refractivity contribution in [2.45, 2.75) is 76.4 Å². The number of halogens is 1. The molecule has 0 saturated carbocycles. The predicted octanol–water partition coefficient (Wildman–Crippen LogP) is 4.80. The summed E-state index contributed by atoms with van der Waals surface area (Å²) in [7, 11) is 3.19. The summed E-state index contributed by atoms with van der Waals surface area (Å²) >= 11 is 6.50. The lowest BCUT2D eigenvalue weighted by atomic mass is 9.86. The van der Waals surface area contributed by atoms with Crippen LogP contribution in [0.2, 0.25) is 5.02 Å². The fraction of sp³-hybridized carbons (Fsp3) is 0.556. The zero-order valence-electron chi connectivity index (χ0n) is 21.4. The van der Waals surface area contributed by atoms with Crippen molar-refractivity contribution in [3.05, 3.63) is 46.5 Å². The number of carbonyl (C=O) groups excluding carboxylic acids is 2. The maximum absolute atomic E-state index is 12.8. The van der Waals surface area contributed by atoms with Gasteiger partial charge in [-0.3, -0.25) is 4.79 Å². The van der Waals surface area contributed by atoms with Crippen molar-refractivity contribution in [1.29, 1.82) is 0 Å². The molecule has 2 fully saturated rings. The van der Waals surface area contributed by atoms with E-state index in [1.54, 1.807) is 14.2 Å². The lowest BCUT2D eigenvalue weighted by Crippen LogP contribution is -2.53. The second kappa shape index (κ2) is 10.8. The number of fused-ring (bicyclic) bond motifs is 5. The molecule has 2 amide bonds. The molecule has 0 spiro atoms. The summed E-state index contributed by atoms with van der Waals surface area (Å²) in [5, 5.41) is 6.21. The minimum absolute atomic E-state index is 0.0345. The average molecular weight is 519 g/mol. The van der Waals surface area contributed by atoms with Gasteiger partial charge in [-0.1, -0.05) is 42.3 Å². The number of nitrogens with one attached hydrogen (secondary N) is 2.